The molecule has 0 fully saturated rings. The molecular formula is C14H18O2. The molecule has 0 bridgehead atoms. The monoisotopic (exact) mass is 218 g/mol. The van der Waals surface area contributed by atoms with E-state index in [2.05, 4.69) is 0 Å². The number of rotatable bonds is 6. The lowest BCUT2D eigenvalue weighted by Gasteiger charge is -2.13. The number of allylic oxidation sites excluding steroid dienone is 1. The number of carbonyl (C=O) groups excluding carboxylic acids is 1. The Morgan fingerprint density at radius 3 is 2.62 bits per heavy atom. The minimum Gasteiger partial charge on any atom is -0.366 e. The predicted molar refractivity (Wildman–Crippen MR) is 65.6 cm³/mol. The second-order valence-electron chi connectivity index (χ2n) is 3.53. The Bertz CT molecular complexity index is 341. The summed E-state index contributed by atoms with van der Waals surface area (Å²) < 4.78 is 5.51. The summed E-state index contributed by atoms with van der Waals surface area (Å²) in [7, 11) is 0. The third-order valence-corrected chi connectivity index (χ3v) is 2.35. The Balaban J connectivity index is 2.63. The van der Waals surface area contributed by atoms with Crippen molar-refractivity contribution in [3.8, 4) is 0 Å². The summed E-state index contributed by atoms with van der Waals surface area (Å²) in [5.41, 5.74) is 0.717. The molecule has 1 unspecified atom stereocenters. The quantitative estimate of drug-likeness (QED) is 0.541. The number of benzene rings is 1. The maximum absolute atomic E-state index is 12.0. The highest BCUT2D eigenvalue weighted by Crippen LogP contribution is 2.09. The maximum atomic E-state index is 12.0. The SMILES string of the molecule is CC=CCOC(CC)C(=O)c1ccccc1. The van der Waals surface area contributed by atoms with E-state index in [0.29, 0.717) is 13.0 Å². The van der Waals surface area contributed by atoms with Gasteiger partial charge in [-0.1, -0.05) is 49.4 Å². The molecule has 1 rings (SSSR count). The van der Waals surface area contributed by atoms with Crippen LogP contribution < -0.4 is 0 Å². The Kier molecular flexibility index (Phi) is 5.51. The fraction of sp³-hybridized carbons (Fsp3) is 0.357. The fourth-order valence-electron chi connectivity index (χ4n) is 1.44. The van der Waals surface area contributed by atoms with E-state index in [4.69, 9.17) is 4.74 Å². The summed E-state index contributed by atoms with van der Waals surface area (Å²) in [5.74, 6) is 0.0626. The number of carbonyl (C=O) groups is 1. The minimum absolute atomic E-state index is 0.0626. The molecule has 0 saturated heterocycles. The average Bonchev–Trinajstić information content (AvgIpc) is 2.35. The van der Waals surface area contributed by atoms with Crippen molar-refractivity contribution in [3.05, 3.63) is 48.0 Å². The highest BCUT2D eigenvalue weighted by atomic mass is 16.5. The summed E-state index contributed by atoms with van der Waals surface area (Å²) in [5, 5.41) is 0. The van der Waals surface area contributed by atoms with Crippen molar-refractivity contribution in [3.63, 3.8) is 0 Å². The Hall–Kier alpha value is -1.41. The van der Waals surface area contributed by atoms with Gasteiger partial charge in [-0.15, -0.1) is 0 Å². The highest BCUT2D eigenvalue weighted by Gasteiger charge is 2.17. The van der Waals surface area contributed by atoms with Crippen LogP contribution in [0.25, 0.3) is 0 Å². The van der Waals surface area contributed by atoms with E-state index in [0.717, 1.165) is 5.56 Å². The Labute approximate surface area is 96.9 Å². The van der Waals surface area contributed by atoms with Crippen LogP contribution >= 0.6 is 0 Å². The molecule has 0 aliphatic carbocycles. The second kappa shape index (κ2) is 6.96. The summed E-state index contributed by atoms with van der Waals surface area (Å²) in [6.45, 7) is 4.39. The van der Waals surface area contributed by atoms with Crippen LogP contribution in [0.5, 0.6) is 0 Å². The molecule has 16 heavy (non-hydrogen) atoms. The molecule has 86 valence electrons. The van der Waals surface area contributed by atoms with Crippen LogP contribution in [-0.2, 0) is 4.74 Å². The van der Waals surface area contributed by atoms with Gasteiger partial charge < -0.3 is 4.74 Å². The van der Waals surface area contributed by atoms with E-state index in [1.807, 2.05) is 56.3 Å². The lowest BCUT2D eigenvalue weighted by atomic mass is 10.0. The normalized spacial score (nSPS) is 12.9. The summed E-state index contributed by atoms with van der Waals surface area (Å²) >= 11 is 0. The highest BCUT2D eigenvalue weighted by molar-refractivity contribution is 5.99. The topological polar surface area (TPSA) is 26.3 Å². The molecule has 2 heteroatoms. The smallest absolute Gasteiger partial charge is 0.191 e. The summed E-state index contributed by atoms with van der Waals surface area (Å²) in [4.78, 5) is 12.0. The van der Waals surface area contributed by atoms with Crippen molar-refractivity contribution < 1.29 is 9.53 Å². The molecule has 0 aliphatic rings. The Morgan fingerprint density at radius 1 is 1.38 bits per heavy atom. The summed E-state index contributed by atoms with van der Waals surface area (Å²) in [6.07, 6.45) is 4.19. The van der Waals surface area contributed by atoms with E-state index in [-0.39, 0.29) is 11.9 Å². The molecule has 0 aromatic heterocycles. The van der Waals surface area contributed by atoms with Crippen LogP contribution in [0.3, 0.4) is 0 Å². The van der Waals surface area contributed by atoms with E-state index in [1.54, 1.807) is 0 Å². The molecule has 0 spiro atoms. The fourth-order valence-corrected chi connectivity index (χ4v) is 1.44. The molecule has 1 atom stereocenters. The largest absolute Gasteiger partial charge is 0.366 e. The van der Waals surface area contributed by atoms with Gasteiger partial charge >= 0.3 is 0 Å². The third kappa shape index (κ3) is 3.63. The molecule has 1 aromatic rings. The van der Waals surface area contributed by atoms with Crippen LogP contribution in [0, 0.1) is 0 Å². The summed E-state index contributed by atoms with van der Waals surface area (Å²) in [6, 6.07) is 9.28. The van der Waals surface area contributed by atoms with E-state index in [9.17, 15) is 4.79 Å². The lowest BCUT2D eigenvalue weighted by Crippen LogP contribution is -2.23. The molecule has 0 radical (unpaired) electrons. The van der Waals surface area contributed by atoms with Gasteiger partial charge in [-0.25, -0.2) is 0 Å². The number of Topliss-reactive ketones (excluding diaryl/α,β-unsaturated/α-hetero) is 1. The molecule has 0 heterocycles. The maximum Gasteiger partial charge on any atom is 0.191 e. The molecule has 0 saturated carbocycles. The third-order valence-electron chi connectivity index (χ3n) is 2.35. The number of ketones is 1. The molecule has 0 aliphatic heterocycles. The van der Waals surface area contributed by atoms with Gasteiger partial charge in [0.1, 0.15) is 6.10 Å². The standard InChI is InChI=1S/C14H18O2/c1-3-5-11-16-13(4-2)14(15)12-9-7-6-8-10-12/h3,5-10,13H,4,11H2,1-2H3. The minimum atomic E-state index is -0.335. The van der Waals surface area contributed by atoms with Gasteiger partial charge in [-0.2, -0.15) is 0 Å². The van der Waals surface area contributed by atoms with Crippen LogP contribution in [0.2, 0.25) is 0 Å². The van der Waals surface area contributed by atoms with Gasteiger partial charge in [0.2, 0.25) is 0 Å². The zero-order chi connectivity index (χ0) is 11.8. The van der Waals surface area contributed by atoms with Crippen molar-refractivity contribution in [1.29, 1.82) is 0 Å². The van der Waals surface area contributed by atoms with E-state index in [1.165, 1.54) is 0 Å². The number of hydrogen-bond donors (Lipinski definition) is 0. The van der Waals surface area contributed by atoms with Crippen molar-refractivity contribution in [2.24, 2.45) is 0 Å². The average molecular weight is 218 g/mol. The predicted octanol–water partition coefficient (Wildman–Crippen LogP) is 3.24. The van der Waals surface area contributed by atoms with Gasteiger partial charge in [0.05, 0.1) is 6.61 Å². The molecular weight excluding hydrogens is 200 g/mol. The van der Waals surface area contributed by atoms with Gasteiger partial charge in [-0.3, -0.25) is 4.79 Å². The molecule has 0 N–H and O–H groups in total. The number of ether oxygens (including phenoxy) is 1. The zero-order valence-electron chi connectivity index (χ0n) is 9.85. The molecule has 0 amide bonds. The van der Waals surface area contributed by atoms with Crippen molar-refractivity contribution in [2.45, 2.75) is 26.4 Å². The molecule has 1 aromatic carbocycles. The number of hydrogen-bond acceptors (Lipinski definition) is 2. The second-order valence-corrected chi connectivity index (χ2v) is 3.53. The lowest BCUT2D eigenvalue weighted by molar-refractivity contribution is 0.0494. The first kappa shape index (κ1) is 12.7. The van der Waals surface area contributed by atoms with Crippen LogP contribution in [0.15, 0.2) is 42.5 Å². The van der Waals surface area contributed by atoms with Gasteiger partial charge in [0.25, 0.3) is 0 Å². The van der Waals surface area contributed by atoms with Crippen LogP contribution in [0.1, 0.15) is 30.6 Å². The molecule has 2 nitrogen and oxygen atoms in total. The van der Waals surface area contributed by atoms with Gasteiger partial charge in [-0.05, 0) is 13.3 Å². The van der Waals surface area contributed by atoms with Gasteiger partial charge in [0, 0.05) is 5.56 Å². The Morgan fingerprint density at radius 2 is 2.06 bits per heavy atom. The van der Waals surface area contributed by atoms with Gasteiger partial charge in [0.15, 0.2) is 5.78 Å². The van der Waals surface area contributed by atoms with Crippen LogP contribution in [-0.4, -0.2) is 18.5 Å². The van der Waals surface area contributed by atoms with Crippen molar-refractivity contribution in [2.75, 3.05) is 6.61 Å². The van der Waals surface area contributed by atoms with Crippen LogP contribution in [0.4, 0.5) is 0 Å². The first-order valence-corrected chi connectivity index (χ1v) is 5.61. The van der Waals surface area contributed by atoms with E-state index < -0.39 is 0 Å². The van der Waals surface area contributed by atoms with Crippen molar-refractivity contribution >= 4 is 5.78 Å². The van der Waals surface area contributed by atoms with E-state index >= 15 is 0 Å². The zero-order valence-corrected chi connectivity index (χ0v) is 9.85. The van der Waals surface area contributed by atoms with Crippen molar-refractivity contribution in [1.82, 2.24) is 0 Å². The first-order valence-electron chi connectivity index (χ1n) is 5.61. The first-order chi connectivity index (χ1) is 7.79.